The quantitative estimate of drug-likeness (QED) is 0.880. The van der Waals surface area contributed by atoms with Gasteiger partial charge in [0.05, 0.1) is 0 Å². The van der Waals surface area contributed by atoms with Crippen LogP contribution < -0.4 is 5.32 Å². The number of likely N-dealkylation sites (N-methyl/N-ethyl adjacent to an activating group) is 1. The molecule has 1 unspecified atom stereocenters. The van der Waals surface area contributed by atoms with Gasteiger partial charge in [-0.25, -0.2) is 0 Å². The molecular weight excluding hydrogens is 222 g/mol. The molecule has 1 heterocycles. The first kappa shape index (κ1) is 12.2. The molecule has 0 spiro atoms. The summed E-state index contributed by atoms with van der Waals surface area (Å²) < 4.78 is 5.61. The van der Waals surface area contributed by atoms with Crippen LogP contribution in [0.25, 0.3) is 0 Å². The van der Waals surface area contributed by atoms with Crippen molar-refractivity contribution in [3.8, 4) is 0 Å². The lowest BCUT2D eigenvalue weighted by Gasteiger charge is -2.44. The highest BCUT2D eigenvalue weighted by molar-refractivity contribution is 5.29. The monoisotopic (exact) mass is 245 g/mol. The molecule has 3 rings (SSSR count). The molecule has 1 aromatic rings. The first-order chi connectivity index (χ1) is 8.87. The summed E-state index contributed by atoms with van der Waals surface area (Å²) in [6.07, 6.45) is 5.08. The molecule has 2 nitrogen and oxygen atoms in total. The standard InChI is InChI=1S/C16H23NO/c1-17-15(13-7-8-13)16(9-11-18-12-10-16)14-5-3-2-4-6-14/h2-6,13,15,17H,7-12H2,1H3. The molecule has 2 heteroatoms. The van der Waals surface area contributed by atoms with Gasteiger partial charge in [0.25, 0.3) is 0 Å². The van der Waals surface area contributed by atoms with Gasteiger partial charge in [-0.1, -0.05) is 30.3 Å². The van der Waals surface area contributed by atoms with Gasteiger partial charge in [0.1, 0.15) is 0 Å². The minimum atomic E-state index is 0.287. The molecule has 18 heavy (non-hydrogen) atoms. The average molecular weight is 245 g/mol. The molecule has 0 radical (unpaired) electrons. The van der Waals surface area contributed by atoms with Crippen molar-refractivity contribution in [3.63, 3.8) is 0 Å². The molecule has 0 bridgehead atoms. The number of benzene rings is 1. The predicted octanol–water partition coefficient (Wildman–Crippen LogP) is 2.73. The van der Waals surface area contributed by atoms with Gasteiger partial charge in [-0.05, 0) is 44.2 Å². The molecule has 2 aliphatic rings. The minimum Gasteiger partial charge on any atom is -0.381 e. The maximum Gasteiger partial charge on any atom is 0.0475 e. The maximum absolute atomic E-state index is 5.61. The largest absolute Gasteiger partial charge is 0.381 e. The van der Waals surface area contributed by atoms with E-state index in [1.165, 1.54) is 18.4 Å². The van der Waals surface area contributed by atoms with Gasteiger partial charge in [-0.3, -0.25) is 0 Å². The Hall–Kier alpha value is -0.860. The van der Waals surface area contributed by atoms with Crippen LogP contribution in [0.2, 0.25) is 0 Å². The minimum absolute atomic E-state index is 0.287. The third kappa shape index (κ3) is 2.08. The van der Waals surface area contributed by atoms with E-state index in [4.69, 9.17) is 4.74 Å². The van der Waals surface area contributed by atoms with Gasteiger partial charge in [0.2, 0.25) is 0 Å². The van der Waals surface area contributed by atoms with E-state index >= 15 is 0 Å². The van der Waals surface area contributed by atoms with Crippen LogP contribution in [-0.2, 0) is 10.2 Å². The van der Waals surface area contributed by atoms with Crippen LogP contribution in [0.1, 0.15) is 31.2 Å². The smallest absolute Gasteiger partial charge is 0.0475 e. The van der Waals surface area contributed by atoms with Crippen LogP contribution in [0.3, 0.4) is 0 Å². The van der Waals surface area contributed by atoms with Gasteiger partial charge in [0, 0.05) is 24.7 Å². The zero-order valence-corrected chi connectivity index (χ0v) is 11.2. The van der Waals surface area contributed by atoms with Crippen molar-refractivity contribution in [1.29, 1.82) is 0 Å². The topological polar surface area (TPSA) is 21.3 Å². The Morgan fingerprint density at radius 2 is 1.83 bits per heavy atom. The molecular formula is C16H23NO. The van der Waals surface area contributed by atoms with Crippen molar-refractivity contribution in [3.05, 3.63) is 35.9 Å². The molecule has 1 aliphatic heterocycles. The predicted molar refractivity (Wildman–Crippen MR) is 73.7 cm³/mol. The van der Waals surface area contributed by atoms with Gasteiger partial charge in [-0.2, -0.15) is 0 Å². The molecule has 1 atom stereocenters. The van der Waals surface area contributed by atoms with E-state index in [-0.39, 0.29) is 5.41 Å². The average Bonchev–Trinajstić information content (AvgIpc) is 3.26. The fourth-order valence-electron chi connectivity index (χ4n) is 3.68. The summed E-state index contributed by atoms with van der Waals surface area (Å²) in [6, 6.07) is 11.7. The number of rotatable bonds is 4. The molecule has 1 N–H and O–H groups in total. The zero-order valence-electron chi connectivity index (χ0n) is 11.2. The Balaban J connectivity index is 1.96. The normalized spacial score (nSPS) is 24.7. The van der Waals surface area contributed by atoms with Crippen LogP contribution in [0.15, 0.2) is 30.3 Å². The highest BCUT2D eigenvalue weighted by Crippen LogP contribution is 2.47. The summed E-state index contributed by atoms with van der Waals surface area (Å²) in [5.41, 5.74) is 1.79. The Morgan fingerprint density at radius 3 is 2.39 bits per heavy atom. The lowest BCUT2D eigenvalue weighted by Crippen LogP contribution is -2.51. The van der Waals surface area contributed by atoms with Crippen molar-refractivity contribution in [1.82, 2.24) is 5.32 Å². The lowest BCUT2D eigenvalue weighted by atomic mass is 9.67. The molecule has 2 fully saturated rings. The lowest BCUT2D eigenvalue weighted by molar-refractivity contribution is 0.0320. The number of nitrogens with one attached hydrogen (secondary N) is 1. The highest BCUT2D eigenvalue weighted by atomic mass is 16.5. The summed E-state index contributed by atoms with van der Waals surface area (Å²) in [5.74, 6) is 0.869. The van der Waals surface area contributed by atoms with Crippen LogP contribution in [0, 0.1) is 5.92 Å². The fourth-order valence-corrected chi connectivity index (χ4v) is 3.68. The number of ether oxygens (including phenoxy) is 1. The molecule has 98 valence electrons. The molecule has 0 aromatic heterocycles. The van der Waals surface area contributed by atoms with Crippen molar-refractivity contribution in [2.45, 2.75) is 37.1 Å². The SMILES string of the molecule is CNC(C1CC1)C1(c2ccccc2)CCOCC1. The van der Waals surface area contributed by atoms with Crippen LogP contribution >= 0.6 is 0 Å². The van der Waals surface area contributed by atoms with E-state index in [0.29, 0.717) is 6.04 Å². The van der Waals surface area contributed by atoms with Crippen molar-refractivity contribution in [2.24, 2.45) is 5.92 Å². The van der Waals surface area contributed by atoms with Crippen LogP contribution in [-0.4, -0.2) is 26.3 Å². The molecule has 1 aliphatic carbocycles. The van der Waals surface area contributed by atoms with E-state index in [2.05, 4.69) is 42.7 Å². The van der Waals surface area contributed by atoms with Crippen molar-refractivity contribution >= 4 is 0 Å². The third-order valence-electron chi connectivity index (χ3n) is 4.73. The second kappa shape index (κ2) is 5.02. The van der Waals surface area contributed by atoms with Crippen LogP contribution in [0.5, 0.6) is 0 Å². The first-order valence-corrected chi connectivity index (χ1v) is 7.17. The Labute approximate surface area is 110 Å². The van der Waals surface area contributed by atoms with E-state index in [9.17, 15) is 0 Å². The van der Waals surface area contributed by atoms with Crippen LogP contribution in [0.4, 0.5) is 0 Å². The number of hydrogen-bond acceptors (Lipinski definition) is 2. The van der Waals surface area contributed by atoms with E-state index in [1.54, 1.807) is 0 Å². The Morgan fingerprint density at radius 1 is 1.17 bits per heavy atom. The van der Waals surface area contributed by atoms with E-state index in [1.807, 2.05) is 0 Å². The van der Waals surface area contributed by atoms with Crippen molar-refractivity contribution < 1.29 is 4.74 Å². The molecule has 1 aromatic carbocycles. The molecule has 1 saturated carbocycles. The molecule has 0 amide bonds. The Kier molecular flexibility index (Phi) is 3.40. The van der Waals surface area contributed by atoms with Gasteiger partial charge in [-0.15, -0.1) is 0 Å². The van der Waals surface area contributed by atoms with Gasteiger partial charge < -0.3 is 10.1 Å². The van der Waals surface area contributed by atoms with Gasteiger partial charge in [0.15, 0.2) is 0 Å². The Bertz CT molecular complexity index is 379. The van der Waals surface area contributed by atoms with Gasteiger partial charge >= 0.3 is 0 Å². The second-order valence-electron chi connectivity index (χ2n) is 5.74. The first-order valence-electron chi connectivity index (χ1n) is 7.17. The summed E-state index contributed by atoms with van der Waals surface area (Å²) >= 11 is 0. The fraction of sp³-hybridized carbons (Fsp3) is 0.625. The summed E-state index contributed by atoms with van der Waals surface area (Å²) in [6.45, 7) is 1.81. The molecule has 1 saturated heterocycles. The summed E-state index contributed by atoms with van der Waals surface area (Å²) in [5, 5.41) is 3.62. The van der Waals surface area contributed by atoms with E-state index < -0.39 is 0 Å². The third-order valence-corrected chi connectivity index (χ3v) is 4.73. The maximum atomic E-state index is 5.61. The second-order valence-corrected chi connectivity index (χ2v) is 5.74. The van der Waals surface area contributed by atoms with E-state index in [0.717, 1.165) is 32.0 Å². The zero-order chi connectivity index (χ0) is 12.4. The summed E-state index contributed by atoms with van der Waals surface area (Å²) in [7, 11) is 2.13. The summed E-state index contributed by atoms with van der Waals surface area (Å²) in [4.78, 5) is 0. The van der Waals surface area contributed by atoms with Crippen molar-refractivity contribution in [2.75, 3.05) is 20.3 Å². The highest BCUT2D eigenvalue weighted by Gasteiger charge is 2.47. The number of hydrogen-bond donors (Lipinski definition) is 1.